The normalized spacial score (nSPS) is 10.2. The number of carbonyl (C=O) groups excluding carboxylic acids is 1. The van der Waals surface area contributed by atoms with Crippen LogP contribution >= 0.6 is 12.2 Å². The highest BCUT2D eigenvalue weighted by atomic mass is 32.1. The number of nitrogens with two attached hydrogens (primary N) is 1. The van der Waals surface area contributed by atoms with Crippen LogP contribution in [0.15, 0.2) is 24.4 Å². The molecule has 2 heterocycles. The van der Waals surface area contributed by atoms with Gasteiger partial charge in [0.25, 0.3) is 0 Å². The second-order valence-electron chi connectivity index (χ2n) is 3.81. The Kier molecular flexibility index (Phi) is 3.57. The number of rotatable bonds is 3. The van der Waals surface area contributed by atoms with Crippen molar-refractivity contribution in [1.82, 2.24) is 14.5 Å². The lowest BCUT2D eigenvalue weighted by atomic mass is 10.3. The van der Waals surface area contributed by atoms with Gasteiger partial charge in [-0.3, -0.25) is 4.57 Å². The molecule has 6 nitrogen and oxygen atoms in total. The first-order valence-corrected chi connectivity index (χ1v) is 5.85. The van der Waals surface area contributed by atoms with Crippen molar-refractivity contribution in [3.8, 4) is 5.82 Å². The second kappa shape index (κ2) is 5.15. The Balaban J connectivity index is 2.56. The van der Waals surface area contributed by atoms with E-state index in [-0.39, 0.29) is 10.8 Å². The fourth-order valence-corrected chi connectivity index (χ4v) is 1.81. The van der Waals surface area contributed by atoms with E-state index in [9.17, 15) is 4.79 Å². The lowest BCUT2D eigenvalue weighted by molar-refractivity contribution is 0.0586. The second-order valence-corrected chi connectivity index (χ2v) is 4.25. The molecule has 0 aliphatic heterocycles. The number of hydrogen-bond donors (Lipinski definition) is 1. The number of hydrogen-bond acceptors (Lipinski definition) is 5. The van der Waals surface area contributed by atoms with Gasteiger partial charge < -0.3 is 10.5 Å². The Morgan fingerprint density at radius 3 is 2.84 bits per heavy atom. The maximum atomic E-state index is 11.5. The summed E-state index contributed by atoms with van der Waals surface area (Å²) in [6.07, 6.45) is 1.76. The number of ether oxygens (including phenoxy) is 1. The fourth-order valence-electron chi connectivity index (χ4n) is 1.64. The molecule has 2 rings (SSSR count). The molecule has 19 heavy (non-hydrogen) atoms. The highest BCUT2D eigenvalue weighted by Crippen LogP contribution is 2.12. The Labute approximate surface area is 115 Å². The Hall–Kier alpha value is -2.28. The Morgan fingerprint density at radius 2 is 2.21 bits per heavy atom. The summed E-state index contributed by atoms with van der Waals surface area (Å²) in [4.78, 5) is 19.9. The lowest BCUT2D eigenvalue weighted by Gasteiger charge is -2.09. The van der Waals surface area contributed by atoms with Crippen LogP contribution in [0, 0.1) is 6.92 Å². The largest absolute Gasteiger partial charge is 0.463 e. The molecule has 0 aliphatic rings. The lowest BCUT2D eigenvalue weighted by Crippen LogP contribution is -2.17. The number of thiocarbonyl (C=S) groups is 1. The monoisotopic (exact) mass is 276 g/mol. The summed E-state index contributed by atoms with van der Waals surface area (Å²) in [6, 6.07) is 5.30. The SMILES string of the molecule is COC(=O)c1nc(C)cc(-n2cccc2C(N)=S)n1. The molecule has 2 aromatic rings. The minimum Gasteiger partial charge on any atom is -0.463 e. The van der Waals surface area contributed by atoms with Gasteiger partial charge in [0, 0.05) is 18.0 Å². The number of aromatic nitrogens is 3. The average Bonchev–Trinajstić information content (AvgIpc) is 2.86. The molecule has 2 aromatic heterocycles. The highest BCUT2D eigenvalue weighted by Gasteiger charge is 2.14. The van der Waals surface area contributed by atoms with Crippen molar-refractivity contribution in [3.05, 3.63) is 41.6 Å². The molecule has 0 fully saturated rings. The van der Waals surface area contributed by atoms with Gasteiger partial charge in [0.1, 0.15) is 10.8 Å². The van der Waals surface area contributed by atoms with E-state index in [2.05, 4.69) is 14.7 Å². The first kappa shape index (κ1) is 13.2. The molecule has 0 unspecified atom stereocenters. The van der Waals surface area contributed by atoms with Gasteiger partial charge in [0.15, 0.2) is 0 Å². The molecule has 2 N–H and O–H groups in total. The van der Waals surface area contributed by atoms with E-state index >= 15 is 0 Å². The third kappa shape index (κ3) is 2.60. The number of esters is 1. The predicted octanol–water partition coefficient (Wildman–Crippen LogP) is 0.997. The predicted molar refractivity (Wildman–Crippen MR) is 73.3 cm³/mol. The fraction of sp³-hybridized carbons (Fsp3) is 0.167. The van der Waals surface area contributed by atoms with Crippen LogP contribution in [0.4, 0.5) is 0 Å². The van der Waals surface area contributed by atoms with Crippen molar-refractivity contribution in [2.75, 3.05) is 7.11 Å². The zero-order chi connectivity index (χ0) is 14.0. The van der Waals surface area contributed by atoms with E-state index in [1.54, 1.807) is 35.9 Å². The molecule has 0 bridgehead atoms. The van der Waals surface area contributed by atoms with Crippen LogP contribution in [0.3, 0.4) is 0 Å². The van der Waals surface area contributed by atoms with Gasteiger partial charge in [-0.1, -0.05) is 12.2 Å². The van der Waals surface area contributed by atoms with Crippen molar-refractivity contribution in [2.45, 2.75) is 6.92 Å². The summed E-state index contributed by atoms with van der Waals surface area (Å²) in [5.41, 5.74) is 6.92. The van der Waals surface area contributed by atoms with E-state index in [1.807, 2.05) is 0 Å². The van der Waals surface area contributed by atoms with Gasteiger partial charge in [0.2, 0.25) is 5.82 Å². The maximum absolute atomic E-state index is 11.5. The van der Waals surface area contributed by atoms with Gasteiger partial charge in [0.05, 0.1) is 12.8 Å². The molecule has 0 spiro atoms. The van der Waals surface area contributed by atoms with E-state index in [0.717, 1.165) is 0 Å². The average molecular weight is 276 g/mol. The summed E-state index contributed by atoms with van der Waals surface area (Å²) in [5.74, 6) is -0.0743. The molecular formula is C12H12N4O2S. The number of carbonyl (C=O) groups is 1. The molecule has 0 radical (unpaired) electrons. The van der Waals surface area contributed by atoms with Crippen LogP contribution < -0.4 is 5.73 Å². The van der Waals surface area contributed by atoms with Gasteiger partial charge in [-0.2, -0.15) is 0 Å². The summed E-state index contributed by atoms with van der Waals surface area (Å²) in [6.45, 7) is 1.77. The summed E-state index contributed by atoms with van der Waals surface area (Å²) in [7, 11) is 1.28. The van der Waals surface area contributed by atoms with Crippen molar-refractivity contribution in [3.63, 3.8) is 0 Å². The Bertz CT molecular complexity index is 651. The molecule has 0 aromatic carbocycles. The molecule has 0 atom stereocenters. The molecule has 0 saturated heterocycles. The summed E-state index contributed by atoms with van der Waals surface area (Å²) < 4.78 is 6.32. The standard InChI is InChI=1S/C12H12N4O2S/c1-7-6-9(15-11(14-7)12(17)18-2)16-5-3-4-8(16)10(13)19/h3-6H,1-2H3,(H2,13,19). The van der Waals surface area contributed by atoms with Crippen molar-refractivity contribution < 1.29 is 9.53 Å². The van der Waals surface area contributed by atoms with Crippen LogP contribution in [0.25, 0.3) is 5.82 Å². The molecule has 98 valence electrons. The van der Waals surface area contributed by atoms with Crippen LogP contribution in [0.5, 0.6) is 0 Å². The van der Waals surface area contributed by atoms with Gasteiger partial charge in [-0.05, 0) is 19.1 Å². The van der Waals surface area contributed by atoms with Crippen molar-refractivity contribution >= 4 is 23.2 Å². The molecule has 0 amide bonds. The first-order valence-electron chi connectivity index (χ1n) is 5.44. The topological polar surface area (TPSA) is 83.0 Å². The quantitative estimate of drug-likeness (QED) is 0.665. The molecule has 7 heteroatoms. The van der Waals surface area contributed by atoms with E-state index in [0.29, 0.717) is 17.2 Å². The van der Waals surface area contributed by atoms with Crippen LogP contribution in [-0.4, -0.2) is 32.6 Å². The number of aryl methyl sites for hydroxylation is 1. The summed E-state index contributed by atoms with van der Waals surface area (Å²) >= 11 is 4.97. The van der Waals surface area contributed by atoms with Crippen LogP contribution in [0.2, 0.25) is 0 Å². The van der Waals surface area contributed by atoms with E-state index in [1.165, 1.54) is 7.11 Å². The molecule has 0 saturated carbocycles. The Morgan fingerprint density at radius 1 is 1.47 bits per heavy atom. The zero-order valence-corrected chi connectivity index (χ0v) is 11.3. The van der Waals surface area contributed by atoms with Gasteiger partial charge in [-0.25, -0.2) is 14.8 Å². The number of nitrogens with zero attached hydrogens (tertiary/aromatic N) is 3. The van der Waals surface area contributed by atoms with E-state index < -0.39 is 5.97 Å². The minimum atomic E-state index is -0.589. The van der Waals surface area contributed by atoms with Gasteiger partial charge >= 0.3 is 5.97 Å². The summed E-state index contributed by atoms with van der Waals surface area (Å²) in [5, 5.41) is 0. The first-order chi connectivity index (χ1) is 9.02. The van der Waals surface area contributed by atoms with E-state index in [4.69, 9.17) is 18.0 Å². The smallest absolute Gasteiger partial charge is 0.376 e. The van der Waals surface area contributed by atoms with Crippen molar-refractivity contribution in [2.24, 2.45) is 5.73 Å². The molecule has 0 aliphatic carbocycles. The molecular weight excluding hydrogens is 264 g/mol. The van der Waals surface area contributed by atoms with Crippen LogP contribution in [-0.2, 0) is 4.74 Å². The number of methoxy groups -OCH3 is 1. The van der Waals surface area contributed by atoms with Crippen molar-refractivity contribution in [1.29, 1.82) is 0 Å². The van der Waals surface area contributed by atoms with Gasteiger partial charge in [-0.15, -0.1) is 0 Å². The minimum absolute atomic E-state index is 0.0000831. The zero-order valence-electron chi connectivity index (χ0n) is 10.5. The highest BCUT2D eigenvalue weighted by molar-refractivity contribution is 7.80. The third-order valence-corrected chi connectivity index (χ3v) is 2.67. The maximum Gasteiger partial charge on any atom is 0.376 e. The van der Waals surface area contributed by atoms with Crippen LogP contribution in [0.1, 0.15) is 22.0 Å². The third-order valence-electron chi connectivity index (χ3n) is 2.46.